The summed E-state index contributed by atoms with van der Waals surface area (Å²) in [7, 11) is -3.55. The van der Waals surface area contributed by atoms with Gasteiger partial charge in [-0.25, -0.2) is 8.42 Å². The highest BCUT2D eigenvalue weighted by Crippen LogP contribution is 2.28. The van der Waals surface area contributed by atoms with Crippen molar-refractivity contribution in [2.75, 3.05) is 26.2 Å². The Bertz CT molecular complexity index is 604. The van der Waals surface area contributed by atoms with Crippen molar-refractivity contribution < 1.29 is 23.1 Å². The number of ketones is 1. The van der Waals surface area contributed by atoms with Crippen LogP contribution in [0.2, 0.25) is 0 Å². The fraction of sp³-hybridized carbons (Fsp3) is 0.882. The molecule has 0 aromatic rings. The van der Waals surface area contributed by atoms with Gasteiger partial charge in [0.2, 0.25) is 10.0 Å². The predicted molar refractivity (Wildman–Crippen MR) is 98.1 cm³/mol. The van der Waals surface area contributed by atoms with Gasteiger partial charge in [-0.3, -0.25) is 9.59 Å². The summed E-state index contributed by atoms with van der Waals surface area (Å²) in [5.41, 5.74) is 5.70. The third-order valence-corrected chi connectivity index (χ3v) is 8.05. The molecular formula is C17H31N3O5S. The minimum absolute atomic E-state index is 0.298. The number of nitrogens with two attached hydrogens (primary N) is 1. The Balaban J connectivity index is 1.94. The second kappa shape index (κ2) is 9.25. The normalized spacial score (nSPS) is 26.9. The molecule has 150 valence electrons. The number of carbonyl (C=O) groups is 2. The van der Waals surface area contributed by atoms with E-state index >= 15 is 0 Å². The molecule has 3 atom stereocenters. The van der Waals surface area contributed by atoms with Gasteiger partial charge in [0.25, 0.3) is 0 Å². The van der Waals surface area contributed by atoms with Crippen LogP contribution in [0.3, 0.4) is 0 Å². The third kappa shape index (κ3) is 5.25. The highest BCUT2D eigenvalue weighted by molar-refractivity contribution is 7.89. The fourth-order valence-corrected chi connectivity index (χ4v) is 5.76. The summed E-state index contributed by atoms with van der Waals surface area (Å²) in [6.45, 7) is 3.30. The van der Waals surface area contributed by atoms with Gasteiger partial charge in [-0.05, 0) is 64.5 Å². The number of piperidine rings is 1. The summed E-state index contributed by atoms with van der Waals surface area (Å²) in [4.78, 5) is 23.2. The molecule has 2 unspecified atom stereocenters. The molecule has 2 heterocycles. The lowest BCUT2D eigenvalue weighted by Gasteiger charge is -2.33. The first-order valence-electron chi connectivity index (χ1n) is 9.44. The molecule has 2 aliphatic rings. The Kier molecular flexibility index (Phi) is 7.57. The molecule has 0 bridgehead atoms. The zero-order chi connectivity index (χ0) is 19.3. The Hall–Kier alpha value is -1.03. The van der Waals surface area contributed by atoms with Gasteiger partial charge in [-0.2, -0.15) is 4.31 Å². The fourth-order valence-electron chi connectivity index (χ4n) is 3.75. The van der Waals surface area contributed by atoms with Gasteiger partial charge in [0.15, 0.2) is 5.78 Å². The summed E-state index contributed by atoms with van der Waals surface area (Å²) in [6.07, 6.45) is 5.01. The molecule has 4 N–H and O–H groups in total. The van der Waals surface area contributed by atoms with Crippen molar-refractivity contribution in [2.45, 2.75) is 56.7 Å². The quantitative estimate of drug-likeness (QED) is 0.540. The van der Waals surface area contributed by atoms with Crippen molar-refractivity contribution in [3.63, 3.8) is 0 Å². The van der Waals surface area contributed by atoms with Crippen LogP contribution >= 0.6 is 0 Å². The highest BCUT2D eigenvalue weighted by Gasteiger charge is 2.38. The molecule has 0 aromatic carbocycles. The first-order chi connectivity index (χ1) is 12.2. The number of rotatable bonds is 8. The van der Waals surface area contributed by atoms with Gasteiger partial charge in [0.1, 0.15) is 0 Å². The lowest BCUT2D eigenvalue weighted by atomic mass is 9.92. The number of nitrogens with one attached hydrogen (secondary N) is 1. The Labute approximate surface area is 155 Å². The summed E-state index contributed by atoms with van der Waals surface area (Å²) in [6, 6.07) is -1.20. The van der Waals surface area contributed by atoms with Crippen molar-refractivity contribution in [3.8, 4) is 0 Å². The number of nitrogens with zero attached hydrogens (tertiary/aromatic N) is 1. The molecule has 8 nitrogen and oxygen atoms in total. The molecule has 0 saturated carbocycles. The molecule has 0 amide bonds. The standard InChI is InChI=1S/C17H31N3O5S/c1-12(17(22)23)16(18)15(21)11-20-10-2-3-14(26(20,24)25)5-4-13-6-8-19-9-7-13/h12-14,16,19H,2-11,18H2,1H3,(H,22,23)/t12-,14?,16?/m1/s1. The van der Waals surface area contributed by atoms with Crippen molar-refractivity contribution in [1.82, 2.24) is 9.62 Å². The van der Waals surface area contributed by atoms with Crippen LogP contribution in [0.4, 0.5) is 0 Å². The van der Waals surface area contributed by atoms with E-state index in [1.807, 2.05) is 0 Å². The number of hydrogen-bond donors (Lipinski definition) is 3. The maximum atomic E-state index is 12.9. The molecule has 2 rings (SSSR count). The second-order valence-electron chi connectivity index (χ2n) is 7.53. The maximum absolute atomic E-state index is 12.9. The predicted octanol–water partition coefficient (Wildman–Crippen LogP) is 0.178. The van der Waals surface area contributed by atoms with Gasteiger partial charge in [-0.15, -0.1) is 0 Å². The first-order valence-corrected chi connectivity index (χ1v) is 10.9. The zero-order valence-corrected chi connectivity index (χ0v) is 16.2. The van der Waals surface area contributed by atoms with Crippen LogP contribution in [0.25, 0.3) is 0 Å². The number of carbonyl (C=O) groups excluding carboxylic acids is 1. The lowest BCUT2D eigenvalue weighted by Crippen LogP contribution is -2.51. The monoisotopic (exact) mass is 389 g/mol. The topological polar surface area (TPSA) is 130 Å². The van der Waals surface area contributed by atoms with Crippen molar-refractivity contribution in [3.05, 3.63) is 0 Å². The number of carboxylic acids is 1. The summed E-state index contributed by atoms with van der Waals surface area (Å²) < 4.78 is 26.9. The highest BCUT2D eigenvalue weighted by atomic mass is 32.2. The molecule has 9 heteroatoms. The molecule has 2 aliphatic heterocycles. The van der Waals surface area contributed by atoms with Crippen LogP contribution in [0.15, 0.2) is 0 Å². The maximum Gasteiger partial charge on any atom is 0.308 e. The van der Waals surface area contributed by atoms with Crippen LogP contribution in [0.5, 0.6) is 0 Å². The second-order valence-corrected chi connectivity index (χ2v) is 9.75. The molecule has 2 saturated heterocycles. The summed E-state index contributed by atoms with van der Waals surface area (Å²) in [5.74, 6) is -2.17. The van der Waals surface area contributed by atoms with Gasteiger partial charge in [0.05, 0.1) is 23.8 Å². The summed E-state index contributed by atoms with van der Waals surface area (Å²) in [5, 5.41) is 11.8. The number of sulfonamides is 1. The van der Waals surface area contributed by atoms with Gasteiger partial charge in [0, 0.05) is 6.54 Å². The van der Waals surface area contributed by atoms with Crippen molar-refractivity contribution >= 4 is 21.8 Å². The van der Waals surface area contributed by atoms with Gasteiger partial charge >= 0.3 is 5.97 Å². The summed E-state index contributed by atoms with van der Waals surface area (Å²) >= 11 is 0. The van der Waals surface area contributed by atoms with Gasteiger partial charge < -0.3 is 16.2 Å². The Morgan fingerprint density at radius 2 is 1.88 bits per heavy atom. The molecule has 0 radical (unpaired) electrons. The molecule has 0 aromatic heterocycles. The number of carboxylic acid groups (broad SMARTS) is 1. The van der Waals surface area contributed by atoms with E-state index in [-0.39, 0.29) is 6.54 Å². The van der Waals surface area contributed by atoms with Crippen LogP contribution in [-0.2, 0) is 19.6 Å². The number of aliphatic carboxylic acids is 1. The van der Waals surface area contributed by atoms with E-state index in [0.29, 0.717) is 31.7 Å². The van der Waals surface area contributed by atoms with Crippen LogP contribution < -0.4 is 11.1 Å². The van der Waals surface area contributed by atoms with E-state index in [4.69, 9.17) is 10.8 Å². The average molecular weight is 390 g/mol. The van der Waals surface area contributed by atoms with E-state index in [0.717, 1.165) is 32.4 Å². The van der Waals surface area contributed by atoms with E-state index < -0.39 is 39.0 Å². The van der Waals surface area contributed by atoms with E-state index in [1.54, 1.807) is 0 Å². The minimum atomic E-state index is -3.55. The van der Waals surface area contributed by atoms with Crippen LogP contribution in [0.1, 0.15) is 45.4 Å². The van der Waals surface area contributed by atoms with E-state index in [2.05, 4.69) is 5.32 Å². The van der Waals surface area contributed by atoms with Crippen molar-refractivity contribution in [1.29, 1.82) is 0 Å². The molecule has 26 heavy (non-hydrogen) atoms. The zero-order valence-electron chi connectivity index (χ0n) is 15.4. The molecule has 0 spiro atoms. The van der Waals surface area contributed by atoms with E-state index in [9.17, 15) is 18.0 Å². The SMILES string of the molecule is C[C@@H](C(=O)O)C(N)C(=O)CN1CCCC(CCC2CCNCC2)S1(=O)=O. The molecule has 2 fully saturated rings. The van der Waals surface area contributed by atoms with Crippen LogP contribution in [0, 0.1) is 11.8 Å². The minimum Gasteiger partial charge on any atom is -0.481 e. The first kappa shape index (κ1) is 21.3. The average Bonchev–Trinajstić information content (AvgIpc) is 2.61. The van der Waals surface area contributed by atoms with Crippen LogP contribution in [-0.4, -0.2) is 67.1 Å². The number of hydrogen-bond acceptors (Lipinski definition) is 6. The van der Waals surface area contributed by atoms with Crippen molar-refractivity contribution in [2.24, 2.45) is 17.6 Å². The smallest absolute Gasteiger partial charge is 0.308 e. The van der Waals surface area contributed by atoms with Gasteiger partial charge in [-0.1, -0.05) is 0 Å². The molecule has 0 aliphatic carbocycles. The number of Topliss-reactive ketones (excluding diaryl/α,β-unsaturated/α-hetero) is 1. The Morgan fingerprint density at radius 1 is 1.23 bits per heavy atom. The van der Waals surface area contributed by atoms with E-state index in [1.165, 1.54) is 11.2 Å². The third-order valence-electron chi connectivity index (χ3n) is 5.70. The lowest BCUT2D eigenvalue weighted by molar-refractivity contribution is -0.143. The largest absolute Gasteiger partial charge is 0.481 e. The Morgan fingerprint density at radius 3 is 2.50 bits per heavy atom. The molecular weight excluding hydrogens is 358 g/mol.